The fraction of sp³-hybridized carbons (Fsp3) is 0. The number of fused-ring (bicyclic) bond motifs is 1. The quantitative estimate of drug-likeness (QED) is 0.434. The Morgan fingerprint density at radius 1 is 1.25 bits per heavy atom. The molecule has 0 atom stereocenters. The van der Waals surface area contributed by atoms with Crippen molar-refractivity contribution in [3.05, 3.63) is 70.0 Å². The summed E-state index contributed by atoms with van der Waals surface area (Å²) in [6, 6.07) is 12.2. The molecule has 120 valence electrons. The second-order valence-electron chi connectivity index (χ2n) is 4.85. The minimum atomic E-state index is -0.593. The van der Waals surface area contributed by atoms with Crippen LogP contribution in [0.5, 0.6) is 5.75 Å². The second kappa shape index (κ2) is 6.21. The van der Waals surface area contributed by atoms with E-state index in [1.54, 1.807) is 24.3 Å². The first kappa shape index (κ1) is 15.2. The Balaban J connectivity index is 1.75. The lowest BCUT2D eigenvalue weighted by atomic mass is 10.2. The van der Waals surface area contributed by atoms with E-state index in [9.17, 15) is 20.0 Å². The van der Waals surface area contributed by atoms with Crippen molar-refractivity contribution in [1.82, 2.24) is 5.43 Å². The lowest BCUT2D eigenvalue weighted by Crippen LogP contribution is -2.16. The number of nitro benzene ring substituents is 1. The number of nitrogens with one attached hydrogen (secondary N) is 1. The molecule has 8 nitrogen and oxygen atoms in total. The maximum Gasteiger partial charge on any atom is 0.307 e. The molecule has 0 bridgehead atoms. The number of rotatable bonds is 4. The number of aromatic hydroxyl groups is 1. The first-order valence-corrected chi connectivity index (χ1v) is 6.84. The van der Waals surface area contributed by atoms with Crippen molar-refractivity contribution in [3.63, 3.8) is 0 Å². The second-order valence-corrected chi connectivity index (χ2v) is 4.85. The van der Waals surface area contributed by atoms with Crippen LogP contribution >= 0.6 is 0 Å². The number of nitro groups is 1. The highest BCUT2D eigenvalue weighted by Gasteiger charge is 2.12. The third kappa shape index (κ3) is 3.07. The smallest absolute Gasteiger partial charge is 0.307 e. The van der Waals surface area contributed by atoms with Gasteiger partial charge in [-0.05, 0) is 18.2 Å². The van der Waals surface area contributed by atoms with Crippen molar-refractivity contribution in [2.45, 2.75) is 0 Å². The summed E-state index contributed by atoms with van der Waals surface area (Å²) in [5, 5.41) is 24.8. The standard InChI is InChI=1S/C16H11N3O5/c20-13-6-5-12(19(22)23)7-11(13)9-17-18-16(21)15-8-10-3-1-2-4-14(10)24-15/h1-9,20H,(H,18,21). The molecule has 0 fully saturated rings. The van der Waals surface area contributed by atoms with Gasteiger partial charge in [0.25, 0.3) is 5.69 Å². The van der Waals surface area contributed by atoms with Crippen LogP contribution in [0.25, 0.3) is 11.0 Å². The van der Waals surface area contributed by atoms with E-state index in [0.717, 1.165) is 17.7 Å². The zero-order chi connectivity index (χ0) is 17.1. The highest BCUT2D eigenvalue weighted by Crippen LogP contribution is 2.21. The van der Waals surface area contributed by atoms with E-state index >= 15 is 0 Å². The molecule has 2 N–H and O–H groups in total. The van der Waals surface area contributed by atoms with Gasteiger partial charge in [-0.15, -0.1) is 0 Å². The average molecular weight is 325 g/mol. The normalized spacial score (nSPS) is 11.0. The monoisotopic (exact) mass is 325 g/mol. The van der Waals surface area contributed by atoms with Gasteiger partial charge >= 0.3 is 5.91 Å². The van der Waals surface area contributed by atoms with Gasteiger partial charge in [0.15, 0.2) is 5.76 Å². The molecule has 1 aromatic heterocycles. The molecule has 0 spiro atoms. The number of carbonyl (C=O) groups excluding carboxylic acids is 1. The Hall–Kier alpha value is -3.68. The fourth-order valence-corrected chi connectivity index (χ4v) is 2.07. The van der Waals surface area contributed by atoms with Crippen LogP contribution in [0.2, 0.25) is 0 Å². The lowest BCUT2D eigenvalue weighted by molar-refractivity contribution is -0.384. The molecule has 1 heterocycles. The van der Waals surface area contributed by atoms with E-state index in [2.05, 4.69) is 10.5 Å². The van der Waals surface area contributed by atoms with Crippen molar-refractivity contribution in [2.24, 2.45) is 5.10 Å². The number of phenolic OH excluding ortho intramolecular Hbond substituents is 1. The van der Waals surface area contributed by atoms with Crippen LogP contribution in [0.3, 0.4) is 0 Å². The zero-order valence-corrected chi connectivity index (χ0v) is 12.2. The van der Waals surface area contributed by atoms with E-state index in [1.807, 2.05) is 6.07 Å². The maximum atomic E-state index is 12.0. The number of carbonyl (C=O) groups is 1. The van der Waals surface area contributed by atoms with E-state index in [1.165, 1.54) is 12.1 Å². The van der Waals surface area contributed by atoms with E-state index < -0.39 is 10.8 Å². The van der Waals surface area contributed by atoms with Crippen molar-refractivity contribution in [1.29, 1.82) is 0 Å². The minimum Gasteiger partial charge on any atom is -0.507 e. The summed E-state index contributed by atoms with van der Waals surface area (Å²) in [6.07, 6.45) is 1.11. The summed E-state index contributed by atoms with van der Waals surface area (Å²) in [7, 11) is 0. The largest absolute Gasteiger partial charge is 0.507 e. The summed E-state index contributed by atoms with van der Waals surface area (Å²) in [6.45, 7) is 0. The number of hydrogen-bond acceptors (Lipinski definition) is 6. The average Bonchev–Trinajstić information content (AvgIpc) is 3.00. The number of amides is 1. The molecule has 0 saturated heterocycles. The summed E-state index contributed by atoms with van der Waals surface area (Å²) in [5.41, 5.74) is 2.72. The summed E-state index contributed by atoms with van der Waals surface area (Å²) < 4.78 is 5.38. The Labute approximate surface area is 135 Å². The van der Waals surface area contributed by atoms with Gasteiger partial charge in [-0.2, -0.15) is 5.10 Å². The van der Waals surface area contributed by atoms with E-state index in [0.29, 0.717) is 5.58 Å². The van der Waals surface area contributed by atoms with Crippen LogP contribution in [0.1, 0.15) is 16.1 Å². The molecule has 0 radical (unpaired) electrons. The number of benzene rings is 2. The molecule has 8 heteroatoms. The molecule has 3 rings (SSSR count). The number of phenols is 1. The SMILES string of the molecule is O=C(NN=Cc1cc([N+](=O)[O-])ccc1O)c1cc2ccccc2o1. The number of para-hydroxylation sites is 1. The summed E-state index contributed by atoms with van der Waals surface area (Å²) in [4.78, 5) is 22.1. The van der Waals surface area contributed by atoms with Gasteiger partial charge in [0, 0.05) is 23.1 Å². The molecule has 24 heavy (non-hydrogen) atoms. The van der Waals surface area contributed by atoms with Crippen molar-refractivity contribution >= 4 is 28.8 Å². The van der Waals surface area contributed by atoms with Gasteiger partial charge in [-0.3, -0.25) is 14.9 Å². The Kier molecular flexibility index (Phi) is 3.94. The van der Waals surface area contributed by atoms with Crippen LogP contribution in [-0.2, 0) is 0 Å². The number of nitrogens with zero attached hydrogens (tertiary/aromatic N) is 2. The Bertz CT molecular complexity index is 928. The molecular formula is C16H11N3O5. The lowest BCUT2D eigenvalue weighted by Gasteiger charge is -1.99. The number of hydrazone groups is 1. The van der Waals surface area contributed by atoms with Gasteiger partial charge in [-0.1, -0.05) is 18.2 Å². The number of hydrogen-bond donors (Lipinski definition) is 2. The molecule has 0 saturated carbocycles. The number of non-ortho nitro benzene ring substituents is 1. The van der Waals surface area contributed by atoms with Crippen LogP contribution in [0.4, 0.5) is 5.69 Å². The van der Waals surface area contributed by atoms with Gasteiger partial charge in [0.05, 0.1) is 11.1 Å². The van der Waals surface area contributed by atoms with Crippen LogP contribution < -0.4 is 5.43 Å². The molecule has 0 aliphatic carbocycles. The third-order valence-corrected chi connectivity index (χ3v) is 3.24. The molecule has 0 aliphatic heterocycles. The predicted molar refractivity (Wildman–Crippen MR) is 86.0 cm³/mol. The van der Waals surface area contributed by atoms with Crippen LogP contribution in [0.15, 0.2) is 58.0 Å². The van der Waals surface area contributed by atoms with Gasteiger partial charge in [-0.25, -0.2) is 5.43 Å². The molecule has 3 aromatic rings. The molecule has 0 unspecified atom stereocenters. The maximum absolute atomic E-state index is 12.0. The molecular weight excluding hydrogens is 314 g/mol. The van der Waals surface area contributed by atoms with Gasteiger partial charge in [0.1, 0.15) is 11.3 Å². The van der Waals surface area contributed by atoms with Gasteiger partial charge < -0.3 is 9.52 Å². The van der Waals surface area contributed by atoms with Crippen molar-refractivity contribution in [3.8, 4) is 5.75 Å². The van der Waals surface area contributed by atoms with Crippen LogP contribution in [0, 0.1) is 10.1 Å². The summed E-state index contributed by atoms with van der Waals surface area (Å²) >= 11 is 0. The first-order chi connectivity index (χ1) is 11.5. The molecule has 1 amide bonds. The third-order valence-electron chi connectivity index (χ3n) is 3.24. The predicted octanol–water partition coefficient (Wildman–Crippen LogP) is 2.81. The fourth-order valence-electron chi connectivity index (χ4n) is 2.07. The Morgan fingerprint density at radius 2 is 2.04 bits per heavy atom. The summed E-state index contributed by atoms with van der Waals surface area (Å²) in [5.74, 6) is -0.689. The zero-order valence-electron chi connectivity index (χ0n) is 12.2. The minimum absolute atomic E-state index is 0.0802. The molecule has 2 aromatic carbocycles. The van der Waals surface area contributed by atoms with Crippen molar-refractivity contribution in [2.75, 3.05) is 0 Å². The highest BCUT2D eigenvalue weighted by molar-refractivity contribution is 5.96. The Morgan fingerprint density at radius 3 is 2.79 bits per heavy atom. The molecule has 0 aliphatic rings. The van der Waals surface area contributed by atoms with E-state index in [-0.39, 0.29) is 22.8 Å². The van der Waals surface area contributed by atoms with Crippen LogP contribution in [-0.4, -0.2) is 22.2 Å². The van der Waals surface area contributed by atoms with E-state index in [4.69, 9.17) is 4.42 Å². The topological polar surface area (TPSA) is 118 Å². The first-order valence-electron chi connectivity index (χ1n) is 6.84. The number of furan rings is 1. The highest BCUT2D eigenvalue weighted by atomic mass is 16.6. The van der Waals surface area contributed by atoms with Gasteiger partial charge in [0.2, 0.25) is 0 Å². The van der Waals surface area contributed by atoms with Crippen molar-refractivity contribution < 1.29 is 19.2 Å².